The summed E-state index contributed by atoms with van der Waals surface area (Å²) < 4.78 is 34.4. The molecule has 3 aliphatic heterocycles. The predicted molar refractivity (Wildman–Crippen MR) is 383 cm³/mol. The fourth-order valence-corrected chi connectivity index (χ4v) is 12.3. The Hall–Kier alpha value is -3.29. The van der Waals surface area contributed by atoms with Gasteiger partial charge in [0.15, 0.2) is 18.9 Å². The zero-order valence-corrected chi connectivity index (χ0v) is 59.5. The molecule has 3 saturated heterocycles. The van der Waals surface area contributed by atoms with Gasteiger partial charge in [0.25, 0.3) is 0 Å². The molecule has 0 aromatic rings. The van der Waals surface area contributed by atoms with Crippen LogP contribution in [0.1, 0.15) is 258 Å². The maximum absolute atomic E-state index is 13.5. The van der Waals surface area contributed by atoms with E-state index in [9.17, 15) is 61.0 Å². The molecule has 19 heteroatoms. The van der Waals surface area contributed by atoms with Gasteiger partial charge in [-0.2, -0.15) is 0 Å². The Bertz CT molecular complexity index is 2130. The van der Waals surface area contributed by atoms with Crippen LogP contribution in [-0.4, -0.2) is 193 Å². The van der Waals surface area contributed by atoms with E-state index in [-0.39, 0.29) is 18.9 Å². The summed E-state index contributed by atoms with van der Waals surface area (Å²) in [6, 6.07) is -0.894. The van der Waals surface area contributed by atoms with E-state index in [0.717, 1.165) is 103 Å². The normalized spacial score (nSPS) is 27.5. The zero-order valence-electron chi connectivity index (χ0n) is 59.5. The van der Waals surface area contributed by atoms with Crippen molar-refractivity contribution in [3.63, 3.8) is 0 Å². The highest BCUT2D eigenvalue weighted by molar-refractivity contribution is 5.76. The molecule has 0 aromatic carbocycles. The third kappa shape index (κ3) is 39.1. The number of aliphatic hydroxyl groups is 11. The summed E-state index contributed by atoms with van der Waals surface area (Å²) in [4.78, 5) is 13.5. The first kappa shape index (κ1) is 87.9. The van der Waals surface area contributed by atoms with Crippen LogP contribution >= 0.6 is 0 Å². The number of hydrogen-bond donors (Lipinski definition) is 12. The first-order valence-corrected chi connectivity index (χ1v) is 38.0. The van der Waals surface area contributed by atoms with E-state index >= 15 is 0 Å². The van der Waals surface area contributed by atoms with Crippen LogP contribution in [0.2, 0.25) is 0 Å². The molecule has 0 saturated carbocycles. The summed E-state index contributed by atoms with van der Waals surface area (Å²) in [5.74, 6) is -0.247. The predicted octanol–water partition coefficient (Wildman–Crippen LogP) is 11.6. The average Bonchev–Trinajstić information content (AvgIpc) is 0.789. The molecule has 0 aliphatic carbocycles. The lowest BCUT2D eigenvalue weighted by atomic mass is 9.96. The molecule has 12 N–H and O–H groups in total. The van der Waals surface area contributed by atoms with Gasteiger partial charge in [-0.25, -0.2) is 0 Å². The maximum Gasteiger partial charge on any atom is 0.220 e. The molecule has 0 radical (unpaired) electrons. The molecule has 97 heavy (non-hydrogen) atoms. The van der Waals surface area contributed by atoms with Gasteiger partial charge in [-0.3, -0.25) is 4.79 Å². The standard InChI is InChI=1S/C78H135NO18/c1-3-5-7-9-11-13-15-17-19-20-21-22-23-24-25-26-27-28-29-30-31-32-33-34-35-36-37-38-39-40-42-44-46-48-50-52-54-56-66(84)79-61(62(83)55-53-51-49-47-45-43-41-18-16-14-12-10-8-6-4-2)60-92-76-72(90)69(87)74(64(58-81)94-76)97-78-73(91)70(88)75(65(59-82)95-78)96-77-71(89)68(86)67(85)63(57-80)93-77/h5,7,11,13,17,19,21-22,24-25,27-28,30-31,33-34,61-65,67-78,80-83,85-91H,3-4,6,8-10,12,14-16,18,20,23,26,29,32,35-60H2,1-2H3,(H,79,84)/b7-5-,13-11-,19-17-,22-21-,25-24-,28-27-,31-30-,34-33-. The fourth-order valence-electron chi connectivity index (χ4n) is 12.3. The quantitative estimate of drug-likeness (QED) is 0.0199. The lowest BCUT2D eigenvalue weighted by molar-refractivity contribution is -0.379. The van der Waals surface area contributed by atoms with Crippen molar-refractivity contribution in [2.75, 3.05) is 26.4 Å². The minimum absolute atomic E-state index is 0.247. The van der Waals surface area contributed by atoms with Crippen molar-refractivity contribution < 1.29 is 89.4 Å². The number of ether oxygens (including phenoxy) is 6. The van der Waals surface area contributed by atoms with Crippen molar-refractivity contribution in [3.05, 3.63) is 97.2 Å². The van der Waals surface area contributed by atoms with Gasteiger partial charge in [-0.05, 0) is 77.0 Å². The maximum atomic E-state index is 13.5. The van der Waals surface area contributed by atoms with Crippen LogP contribution in [0.5, 0.6) is 0 Å². The highest BCUT2D eigenvalue weighted by atomic mass is 16.8. The van der Waals surface area contributed by atoms with E-state index in [0.29, 0.717) is 12.8 Å². The largest absolute Gasteiger partial charge is 0.394 e. The molecule has 0 spiro atoms. The van der Waals surface area contributed by atoms with Crippen LogP contribution in [0.25, 0.3) is 0 Å². The average molecular weight is 1370 g/mol. The van der Waals surface area contributed by atoms with E-state index in [1.54, 1.807) is 0 Å². The molecule has 0 aromatic heterocycles. The monoisotopic (exact) mass is 1370 g/mol. The van der Waals surface area contributed by atoms with Crippen LogP contribution in [0.4, 0.5) is 0 Å². The molecule has 17 atom stereocenters. The number of carbonyl (C=O) groups excluding carboxylic acids is 1. The molecular formula is C78H135NO18. The highest BCUT2D eigenvalue weighted by Gasteiger charge is 2.53. The molecule has 3 aliphatic rings. The Balaban J connectivity index is 1.34. The molecule has 3 rings (SSSR count). The number of amides is 1. The van der Waals surface area contributed by atoms with Gasteiger partial charge in [0.1, 0.15) is 73.2 Å². The van der Waals surface area contributed by atoms with E-state index < -0.39 is 124 Å². The third-order valence-corrected chi connectivity index (χ3v) is 18.4. The highest BCUT2D eigenvalue weighted by Crippen LogP contribution is 2.33. The number of rotatable bonds is 58. The van der Waals surface area contributed by atoms with E-state index in [2.05, 4.69) is 116 Å². The molecule has 3 fully saturated rings. The smallest absolute Gasteiger partial charge is 0.220 e. The number of unbranched alkanes of at least 4 members (excludes halogenated alkanes) is 26. The number of nitrogens with one attached hydrogen (secondary N) is 1. The Morgan fingerprint density at radius 3 is 1.11 bits per heavy atom. The van der Waals surface area contributed by atoms with Crippen molar-refractivity contribution in [3.8, 4) is 0 Å². The van der Waals surface area contributed by atoms with Crippen LogP contribution in [0, 0.1) is 0 Å². The zero-order chi connectivity index (χ0) is 70.4. The Labute approximate surface area is 583 Å². The van der Waals surface area contributed by atoms with E-state index in [1.165, 1.54) is 122 Å². The molecule has 19 nitrogen and oxygen atoms in total. The minimum atomic E-state index is -1.98. The second-order valence-electron chi connectivity index (χ2n) is 26.7. The van der Waals surface area contributed by atoms with Crippen molar-refractivity contribution in [1.29, 1.82) is 0 Å². The summed E-state index contributed by atoms with van der Waals surface area (Å²) >= 11 is 0. The van der Waals surface area contributed by atoms with E-state index in [1.807, 2.05) is 0 Å². The molecular weight excluding hydrogens is 1240 g/mol. The van der Waals surface area contributed by atoms with Gasteiger partial charge >= 0.3 is 0 Å². The van der Waals surface area contributed by atoms with E-state index in [4.69, 9.17) is 28.4 Å². The van der Waals surface area contributed by atoms with Gasteiger partial charge in [0.2, 0.25) is 5.91 Å². The molecule has 17 unspecified atom stereocenters. The van der Waals surface area contributed by atoms with Crippen LogP contribution in [-0.2, 0) is 33.2 Å². The summed E-state index contributed by atoms with van der Waals surface area (Å²) in [6.07, 6.45) is 50.6. The summed E-state index contributed by atoms with van der Waals surface area (Å²) in [5.41, 5.74) is 0. The SMILES string of the molecule is CC/C=C\C/C=C\C/C=C\C/C=C\C/C=C\C/C=C\C/C=C\C/C=C\CCCCCCCCCCCCCCC(=O)NC(COC1OC(CO)C(OC2OC(CO)C(OC3OC(CO)C(O)C(O)C3O)C(O)C2O)C(O)C1O)C(O)CCCCCCCCCCCCCCCCC. The van der Waals surface area contributed by atoms with Gasteiger partial charge in [0.05, 0.1) is 38.6 Å². The Kier molecular flexibility index (Phi) is 52.8. The van der Waals surface area contributed by atoms with Crippen LogP contribution in [0.3, 0.4) is 0 Å². The molecule has 560 valence electrons. The van der Waals surface area contributed by atoms with Crippen molar-refractivity contribution in [2.45, 2.75) is 362 Å². The number of carbonyl (C=O) groups is 1. The van der Waals surface area contributed by atoms with Crippen molar-refractivity contribution in [2.24, 2.45) is 0 Å². The van der Waals surface area contributed by atoms with Gasteiger partial charge in [-0.15, -0.1) is 0 Å². The van der Waals surface area contributed by atoms with Crippen molar-refractivity contribution >= 4 is 5.91 Å². The minimum Gasteiger partial charge on any atom is -0.394 e. The third-order valence-electron chi connectivity index (χ3n) is 18.4. The van der Waals surface area contributed by atoms with Crippen molar-refractivity contribution in [1.82, 2.24) is 5.32 Å². The lowest BCUT2D eigenvalue weighted by Gasteiger charge is -2.48. The first-order chi connectivity index (χ1) is 47.3. The Morgan fingerprint density at radius 1 is 0.381 bits per heavy atom. The van der Waals surface area contributed by atoms with Gasteiger partial charge < -0.3 is 89.9 Å². The fraction of sp³-hybridized carbons (Fsp3) is 0.782. The summed E-state index contributed by atoms with van der Waals surface area (Å²) in [7, 11) is 0. The summed E-state index contributed by atoms with van der Waals surface area (Å²) in [5, 5.41) is 121. The summed E-state index contributed by atoms with van der Waals surface area (Å²) in [6.45, 7) is 1.68. The van der Waals surface area contributed by atoms with Gasteiger partial charge in [-0.1, -0.05) is 272 Å². The number of aliphatic hydroxyl groups excluding tert-OH is 11. The molecule has 0 bridgehead atoms. The second-order valence-corrected chi connectivity index (χ2v) is 26.7. The lowest BCUT2D eigenvalue weighted by Crippen LogP contribution is -2.66. The second kappa shape index (κ2) is 58.2. The molecule has 3 heterocycles. The topological polar surface area (TPSA) is 307 Å². The number of hydrogen-bond acceptors (Lipinski definition) is 18. The van der Waals surface area contributed by atoms with Crippen LogP contribution < -0.4 is 5.32 Å². The van der Waals surface area contributed by atoms with Gasteiger partial charge in [0, 0.05) is 6.42 Å². The Morgan fingerprint density at radius 2 is 0.711 bits per heavy atom. The molecule has 1 amide bonds. The first-order valence-electron chi connectivity index (χ1n) is 38.0. The van der Waals surface area contributed by atoms with Crippen LogP contribution in [0.15, 0.2) is 97.2 Å². The number of allylic oxidation sites excluding steroid dienone is 16.